The highest BCUT2D eigenvalue weighted by Gasteiger charge is 2.14. The highest BCUT2D eigenvalue weighted by molar-refractivity contribution is 5.92. The molecule has 0 aliphatic heterocycles. The molecular weight excluding hydrogens is 374 g/mol. The van der Waals surface area contributed by atoms with Crippen molar-refractivity contribution in [2.24, 2.45) is 5.10 Å². The van der Waals surface area contributed by atoms with Crippen LogP contribution in [0.3, 0.4) is 0 Å². The number of non-ortho nitro benzene ring substituents is 1. The van der Waals surface area contributed by atoms with E-state index in [1.165, 1.54) is 31.4 Å². The molecule has 29 heavy (non-hydrogen) atoms. The van der Waals surface area contributed by atoms with E-state index in [1.54, 1.807) is 24.4 Å². The van der Waals surface area contributed by atoms with Crippen LogP contribution < -0.4 is 14.9 Å². The number of nitro benzene ring substituents is 1. The monoisotopic (exact) mass is 391 g/mol. The molecule has 0 spiro atoms. The summed E-state index contributed by atoms with van der Waals surface area (Å²) in [6, 6.07) is 19.6. The van der Waals surface area contributed by atoms with Crippen LogP contribution in [0.4, 0.5) is 11.4 Å². The van der Waals surface area contributed by atoms with E-state index in [-0.39, 0.29) is 17.0 Å². The van der Waals surface area contributed by atoms with E-state index in [4.69, 9.17) is 9.47 Å². The fourth-order valence-corrected chi connectivity index (χ4v) is 2.42. The Balaban J connectivity index is 1.69. The van der Waals surface area contributed by atoms with Gasteiger partial charge in [0.2, 0.25) is 0 Å². The lowest BCUT2D eigenvalue weighted by atomic mass is 10.2. The van der Waals surface area contributed by atoms with Crippen LogP contribution in [-0.2, 0) is 0 Å². The lowest BCUT2D eigenvalue weighted by Gasteiger charge is -2.10. The van der Waals surface area contributed by atoms with Crippen LogP contribution in [0.1, 0.15) is 15.9 Å². The minimum Gasteiger partial charge on any atom is -0.493 e. The first-order valence-electron chi connectivity index (χ1n) is 8.55. The number of anilines is 1. The van der Waals surface area contributed by atoms with E-state index >= 15 is 0 Å². The number of ether oxygens (including phenoxy) is 2. The average molecular weight is 391 g/mol. The Morgan fingerprint density at radius 3 is 2.41 bits per heavy atom. The summed E-state index contributed by atoms with van der Waals surface area (Å²) in [4.78, 5) is 22.5. The lowest BCUT2D eigenvalue weighted by Crippen LogP contribution is -2.09. The van der Waals surface area contributed by atoms with Gasteiger partial charge >= 0.3 is 5.97 Å². The van der Waals surface area contributed by atoms with Crippen molar-refractivity contribution in [2.45, 2.75) is 0 Å². The number of hydrogen-bond donors (Lipinski definition) is 1. The van der Waals surface area contributed by atoms with Gasteiger partial charge in [0.25, 0.3) is 5.69 Å². The molecule has 0 atom stereocenters. The number of esters is 1. The normalized spacial score (nSPS) is 10.5. The molecule has 0 aliphatic carbocycles. The van der Waals surface area contributed by atoms with Crippen molar-refractivity contribution >= 4 is 23.6 Å². The number of nitrogens with zero attached hydrogens (tertiary/aromatic N) is 2. The summed E-state index contributed by atoms with van der Waals surface area (Å²) in [6.45, 7) is 0. The molecule has 8 heteroatoms. The fraction of sp³-hybridized carbons (Fsp3) is 0.0476. The highest BCUT2D eigenvalue weighted by Crippen LogP contribution is 2.28. The Kier molecular flexibility index (Phi) is 6.16. The van der Waals surface area contributed by atoms with E-state index in [0.717, 1.165) is 11.3 Å². The average Bonchev–Trinajstić information content (AvgIpc) is 2.75. The summed E-state index contributed by atoms with van der Waals surface area (Å²) in [7, 11) is 1.46. The Labute approximate surface area is 166 Å². The second-order valence-corrected chi connectivity index (χ2v) is 5.84. The van der Waals surface area contributed by atoms with Crippen molar-refractivity contribution in [1.29, 1.82) is 0 Å². The third kappa shape index (κ3) is 5.16. The molecule has 1 N–H and O–H groups in total. The van der Waals surface area contributed by atoms with Gasteiger partial charge in [0, 0.05) is 12.1 Å². The zero-order valence-electron chi connectivity index (χ0n) is 15.4. The second-order valence-electron chi connectivity index (χ2n) is 5.84. The van der Waals surface area contributed by atoms with Crippen molar-refractivity contribution in [3.05, 3.63) is 94.0 Å². The maximum Gasteiger partial charge on any atom is 0.343 e. The molecule has 3 aromatic carbocycles. The molecule has 0 heterocycles. The van der Waals surface area contributed by atoms with Gasteiger partial charge in [-0.2, -0.15) is 5.10 Å². The zero-order valence-corrected chi connectivity index (χ0v) is 15.4. The largest absolute Gasteiger partial charge is 0.493 e. The van der Waals surface area contributed by atoms with Crippen molar-refractivity contribution < 1.29 is 19.2 Å². The topological polar surface area (TPSA) is 103 Å². The van der Waals surface area contributed by atoms with Crippen LogP contribution >= 0.6 is 0 Å². The number of carbonyl (C=O) groups excluding carboxylic acids is 1. The van der Waals surface area contributed by atoms with Crippen molar-refractivity contribution in [3.63, 3.8) is 0 Å². The van der Waals surface area contributed by atoms with Gasteiger partial charge in [-0.25, -0.2) is 4.79 Å². The van der Waals surface area contributed by atoms with Gasteiger partial charge in [0.15, 0.2) is 11.5 Å². The number of nitro groups is 1. The first-order chi connectivity index (χ1) is 14.1. The zero-order chi connectivity index (χ0) is 20.6. The molecule has 0 saturated heterocycles. The summed E-state index contributed by atoms with van der Waals surface area (Å²) >= 11 is 0. The van der Waals surface area contributed by atoms with Gasteiger partial charge in [0.05, 0.1) is 29.5 Å². The number of methoxy groups -OCH3 is 1. The first kappa shape index (κ1) is 19.6. The van der Waals surface area contributed by atoms with E-state index in [2.05, 4.69) is 10.5 Å². The van der Waals surface area contributed by atoms with Crippen molar-refractivity contribution in [2.75, 3.05) is 12.5 Å². The number of benzene rings is 3. The molecule has 0 radical (unpaired) electrons. The van der Waals surface area contributed by atoms with Gasteiger partial charge in [-0.05, 0) is 48.0 Å². The van der Waals surface area contributed by atoms with Gasteiger partial charge in [-0.15, -0.1) is 0 Å². The maximum absolute atomic E-state index is 12.3. The summed E-state index contributed by atoms with van der Waals surface area (Å²) in [6.07, 6.45) is 1.61. The van der Waals surface area contributed by atoms with Crippen LogP contribution in [-0.4, -0.2) is 24.2 Å². The Morgan fingerprint density at radius 1 is 1.03 bits per heavy atom. The van der Waals surface area contributed by atoms with Gasteiger partial charge in [-0.1, -0.05) is 18.2 Å². The van der Waals surface area contributed by atoms with E-state index in [9.17, 15) is 14.9 Å². The summed E-state index contributed by atoms with van der Waals surface area (Å²) < 4.78 is 10.6. The second kappa shape index (κ2) is 9.14. The van der Waals surface area contributed by atoms with Crippen LogP contribution in [0, 0.1) is 10.1 Å². The third-order valence-electron chi connectivity index (χ3n) is 3.89. The number of nitrogens with one attached hydrogen (secondary N) is 1. The Hall–Kier alpha value is -4.20. The lowest BCUT2D eigenvalue weighted by molar-refractivity contribution is -0.384. The van der Waals surface area contributed by atoms with Crippen molar-refractivity contribution in [1.82, 2.24) is 0 Å². The van der Waals surface area contributed by atoms with Gasteiger partial charge in [-0.3, -0.25) is 15.5 Å². The summed E-state index contributed by atoms with van der Waals surface area (Å²) in [5, 5.41) is 14.9. The third-order valence-corrected chi connectivity index (χ3v) is 3.89. The molecule has 0 amide bonds. The quantitative estimate of drug-likeness (QED) is 0.212. The molecule has 0 unspecified atom stereocenters. The molecule has 146 valence electrons. The van der Waals surface area contributed by atoms with Crippen LogP contribution in [0.25, 0.3) is 0 Å². The number of hydrazone groups is 1. The van der Waals surface area contributed by atoms with E-state index in [1.807, 2.05) is 30.3 Å². The molecule has 3 aromatic rings. The smallest absolute Gasteiger partial charge is 0.343 e. The minimum atomic E-state index is -0.648. The fourth-order valence-electron chi connectivity index (χ4n) is 2.42. The molecule has 0 aliphatic rings. The number of rotatable bonds is 7. The molecule has 8 nitrogen and oxygen atoms in total. The van der Waals surface area contributed by atoms with Crippen LogP contribution in [0.2, 0.25) is 0 Å². The van der Waals surface area contributed by atoms with E-state index in [0.29, 0.717) is 5.75 Å². The summed E-state index contributed by atoms with van der Waals surface area (Å²) in [5.41, 5.74) is 4.58. The minimum absolute atomic E-state index is 0.105. The Morgan fingerprint density at radius 2 is 1.76 bits per heavy atom. The van der Waals surface area contributed by atoms with Crippen molar-refractivity contribution in [3.8, 4) is 11.5 Å². The molecule has 3 rings (SSSR count). The van der Waals surface area contributed by atoms with Crippen LogP contribution in [0.5, 0.6) is 11.5 Å². The maximum atomic E-state index is 12.3. The predicted octanol–water partition coefficient (Wildman–Crippen LogP) is 4.27. The highest BCUT2D eigenvalue weighted by atomic mass is 16.6. The predicted molar refractivity (Wildman–Crippen MR) is 109 cm³/mol. The van der Waals surface area contributed by atoms with Gasteiger partial charge in [0.1, 0.15) is 0 Å². The van der Waals surface area contributed by atoms with Crippen LogP contribution in [0.15, 0.2) is 77.9 Å². The number of para-hydroxylation sites is 1. The van der Waals surface area contributed by atoms with Gasteiger partial charge < -0.3 is 9.47 Å². The first-order valence-corrected chi connectivity index (χ1v) is 8.55. The standard InChI is InChI=1S/C21H17N3O5/c1-28-20-13-15(14-22-23-17-5-3-2-4-6-17)7-12-19(20)29-21(25)16-8-10-18(11-9-16)24(26)27/h2-14,23H,1H3/b22-14-. The molecule has 0 saturated carbocycles. The molecule has 0 bridgehead atoms. The number of hydrogen-bond acceptors (Lipinski definition) is 7. The Bertz CT molecular complexity index is 1030. The molecule has 0 fully saturated rings. The molecule has 0 aromatic heterocycles. The number of carbonyl (C=O) groups is 1. The molecular formula is C21H17N3O5. The van der Waals surface area contributed by atoms with E-state index < -0.39 is 10.9 Å². The SMILES string of the molecule is COc1cc(/C=N\Nc2ccccc2)ccc1OC(=O)c1ccc([N+](=O)[O-])cc1. The summed E-state index contributed by atoms with van der Waals surface area (Å²) in [5.74, 6) is -0.0710.